The van der Waals surface area contributed by atoms with E-state index in [0.717, 1.165) is 22.2 Å². The molecule has 2 aromatic heterocycles. The van der Waals surface area contributed by atoms with E-state index in [4.69, 9.17) is 4.42 Å². The maximum atomic E-state index is 10.8. The Morgan fingerprint density at radius 3 is 2.62 bits per heavy atom. The van der Waals surface area contributed by atoms with Gasteiger partial charge in [-0.3, -0.25) is 10.1 Å². The number of para-hydroxylation sites is 1. The van der Waals surface area contributed by atoms with E-state index in [0.29, 0.717) is 12.4 Å². The van der Waals surface area contributed by atoms with E-state index < -0.39 is 4.92 Å². The fourth-order valence-electron chi connectivity index (χ4n) is 2.75. The molecule has 7 nitrogen and oxygen atoms in total. The highest BCUT2D eigenvalue weighted by atomic mass is 16.6. The van der Waals surface area contributed by atoms with Crippen molar-refractivity contribution in [3.05, 3.63) is 76.7 Å². The average molecular weight is 320 g/mol. The number of hydrogen-bond donors (Lipinski definition) is 0. The number of rotatable bonds is 4. The van der Waals surface area contributed by atoms with Crippen LogP contribution in [0.1, 0.15) is 5.56 Å². The zero-order valence-electron chi connectivity index (χ0n) is 12.5. The molecule has 7 heteroatoms. The zero-order valence-corrected chi connectivity index (χ0v) is 12.5. The van der Waals surface area contributed by atoms with Gasteiger partial charge in [0.05, 0.1) is 4.92 Å². The first kappa shape index (κ1) is 14.1. The summed E-state index contributed by atoms with van der Waals surface area (Å²) in [6.07, 6.45) is 1.29. The predicted octanol–water partition coefficient (Wildman–Crippen LogP) is 3.65. The number of non-ortho nitro benzene ring substituents is 1. The standard InChI is InChI=1S/C17H12N4O3/c22-21(23)14-7-5-12(6-8-14)10-20-15-4-2-1-3-13(15)9-16(20)17-19-18-11-24-17/h1-9,11H,10H2. The number of nitro groups is 1. The monoisotopic (exact) mass is 320 g/mol. The van der Waals surface area contributed by atoms with Gasteiger partial charge in [-0.2, -0.15) is 0 Å². The van der Waals surface area contributed by atoms with Gasteiger partial charge in [-0.05, 0) is 17.7 Å². The second-order valence-electron chi connectivity index (χ2n) is 5.34. The van der Waals surface area contributed by atoms with Crippen molar-refractivity contribution < 1.29 is 9.34 Å². The number of benzene rings is 2. The van der Waals surface area contributed by atoms with Gasteiger partial charge < -0.3 is 8.98 Å². The minimum absolute atomic E-state index is 0.0771. The summed E-state index contributed by atoms with van der Waals surface area (Å²) in [5.41, 5.74) is 2.87. The Hall–Kier alpha value is -3.48. The molecule has 0 spiro atoms. The van der Waals surface area contributed by atoms with Crippen molar-refractivity contribution in [2.75, 3.05) is 0 Å². The maximum Gasteiger partial charge on any atom is 0.269 e. The summed E-state index contributed by atoms with van der Waals surface area (Å²) < 4.78 is 7.41. The molecule has 0 aliphatic rings. The molecule has 4 aromatic rings. The fourth-order valence-corrected chi connectivity index (χ4v) is 2.75. The van der Waals surface area contributed by atoms with Gasteiger partial charge in [0.1, 0.15) is 5.69 Å². The van der Waals surface area contributed by atoms with E-state index in [9.17, 15) is 10.1 Å². The third kappa shape index (κ3) is 2.41. The summed E-state index contributed by atoms with van der Waals surface area (Å²) in [5, 5.41) is 19.6. The van der Waals surface area contributed by atoms with Gasteiger partial charge in [0.2, 0.25) is 6.39 Å². The van der Waals surface area contributed by atoms with Gasteiger partial charge in [-0.1, -0.05) is 30.3 Å². The van der Waals surface area contributed by atoms with Gasteiger partial charge in [0.15, 0.2) is 0 Å². The van der Waals surface area contributed by atoms with Crippen LogP contribution in [0, 0.1) is 10.1 Å². The van der Waals surface area contributed by atoms with Crippen LogP contribution in [0.4, 0.5) is 5.69 Å². The van der Waals surface area contributed by atoms with Crippen LogP contribution in [-0.4, -0.2) is 19.7 Å². The molecule has 0 bridgehead atoms. The largest absolute Gasteiger partial charge is 0.422 e. The average Bonchev–Trinajstić information content (AvgIpc) is 3.23. The van der Waals surface area contributed by atoms with Crippen molar-refractivity contribution >= 4 is 16.6 Å². The number of nitrogens with zero attached hydrogens (tertiary/aromatic N) is 4. The molecule has 0 aliphatic carbocycles. The van der Waals surface area contributed by atoms with Crippen LogP contribution in [0.15, 0.2) is 65.4 Å². The highest BCUT2D eigenvalue weighted by Gasteiger charge is 2.15. The van der Waals surface area contributed by atoms with Gasteiger partial charge in [-0.15, -0.1) is 10.2 Å². The molecule has 2 aromatic carbocycles. The van der Waals surface area contributed by atoms with Crippen LogP contribution < -0.4 is 0 Å². The Morgan fingerprint density at radius 2 is 1.92 bits per heavy atom. The van der Waals surface area contributed by atoms with E-state index in [1.54, 1.807) is 12.1 Å². The molecule has 24 heavy (non-hydrogen) atoms. The smallest absolute Gasteiger partial charge is 0.269 e. The van der Waals surface area contributed by atoms with Crippen molar-refractivity contribution in [3.63, 3.8) is 0 Å². The van der Waals surface area contributed by atoms with Crippen molar-refractivity contribution in [1.82, 2.24) is 14.8 Å². The summed E-state index contributed by atoms with van der Waals surface area (Å²) in [5.74, 6) is 0.438. The predicted molar refractivity (Wildman–Crippen MR) is 87.4 cm³/mol. The van der Waals surface area contributed by atoms with Gasteiger partial charge in [0.25, 0.3) is 11.6 Å². The molecule has 0 amide bonds. The van der Waals surface area contributed by atoms with Crippen LogP contribution in [-0.2, 0) is 6.54 Å². The summed E-state index contributed by atoms with van der Waals surface area (Å²) in [6.45, 7) is 0.545. The molecule has 0 saturated heterocycles. The fraction of sp³-hybridized carbons (Fsp3) is 0.0588. The molecule has 0 fully saturated rings. The Kier molecular flexibility index (Phi) is 3.31. The van der Waals surface area contributed by atoms with E-state index in [2.05, 4.69) is 14.8 Å². The summed E-state index contributed by atoms with van der Waals surface area (Å²) in [6, 6.07) is 16.5. The minimum atomic E-state index is -0.404. The van der Waals surface area contributed by atoms with Crippen molar-refractivity contribution in [2.45, 2.75) is 6.54 Å². The van der Waals surface area contributed by atoms with E-state index >= 15 is 0 Å². The molecular weight excluding hydrogens is 308 g/mol. The third-order valence-corrected chi connectivity index (χ3v) is 3.88. The molecular formula is C17H12N4O3. The lowest BCUT2D eigenvalue weighted by molar-refractivity contribution is -0.384. The number of nitro benzene ring substituents is 1. The SMILES string of the molecule is O=[N+]([O-])c1ccc(Cn2c(-c3nnco3)cc3ccccc32)cc1. The second-order valence-corrected chi connectivity index (χ2v) is 5.34. The lowest BCUT2D eigenvalue weighted by atomic mass is 10.2. The first-order valence-electron chi connectivity index (χ1n) is 7.30. The van der Waals surface area contributed by atoms with Gasteiger partial charge >= 0.3 is 0 Å². The maximum absolute atomic E-state index is 10.8. The third-order valence-electron chi connectivity index (χ3n) is 3.88. The lowest BCUT2D eigenvalue weighted by Gasteiger charge is -2.09. The number of fused-ring (bicyclic) bond motifs is 1. The van der Waals surface area contributed by atoms with E-state index in [1.807, 2.05) is 30.3 Å². The first-order chi connectivity index (χ1) is 11.7. The number of hydrogen-bond acceptors (Lipinski definition) is 5. The molecule has 0 aliphatic heterocycles. The van der Waals surface area contributed by atoms with Crippen molar-refractivity contribution in [2.24, 2.45) is 0 Å². The quantitative estimate of drug-likeness (QED) is 0.423. The first-order valence-corrected chi connectivity index (χ1v) is 7.30. The highest BCUT2D eigenvalue weighted by Crippen LogP contribution is 2.28. The summed E-state index contributed by atoms with van der Waals surface area (Å²) in [4.78, 5) is 10.4. The van der Waals surface area contributed by atoms with E-state index in [-0.39, 0.29) is 5.69 Å². The zero-order chi connectivity index (χ0) is 16.5. The topological polar surface area (TPSA) is 87.0 Å². The van der Waals surface area contributed by atoms with Gasteiger partial charge in [0, 0.05) is 29.6 Å². The van der Waals surface area contributed by atoms with Crippen molar-refractivity contribution in [3.8, 4) is 11.6 Å². The normalized spacial score (nSPS) is 11.0. The van der Waals surface area contributed by atoms with Crippen LogP contribution in [0.2, 0.25) is 0 Å². The Morgan fingerprint density at radius 1 is 1.12 bits per heavy atom. The highest BCUT2D eigenvalue weighted by molar-refractivity contribution is 5.85. The molecule has 0 N–H and O–H groups in total. The Labute approximate surface area is 136 Å². The summed E-state index contributed by atoms with van der Waals surface area (Å²) in [7, 11) is 0. The molecule has 4 rings (SSSR count). The van der Waals surface area contributed by atoms with Crippen LogP contribution in [0.3, 0.4) is 0 Å². The van der Waals surface area contributed by atoms with Crippen LogP contribution >= 0.6 is 0 Å². The van der Waals surface area contributed by atoms with Crippen LogP contribution in [0.25, 0.3) is 22.5 Å². The molecule has 0 saturated carbocycles. The molecule has 0 radical (unpaired) electrons. The van der Waals surface area contributed by atoms with Crippen molar-refractivity contribution in [1.29, 1.82) is 0 Å². The molecule has 118 valence electrons. The Bertz CT molecular complexity index is 1000. The number of aromatic nitrogens is 3. The molecule has 2 heterocycles. The van der Waals surface area contributed by atoms with E-state index in [1.165, 1.54) is 18.5 Å². The second kappa shape index (κ2) is 5.62. The molecule has 0 atom stereocenters. The summed E-state index contributed by atoms with van der Waals surface area (Å²) >= 11 is 0. The Balaban J connectivity index is 1.80. The minimum Gasteiger partial charge on any atom is -0.422 e. The van der Waals surface area contributed by atoms with Crippen LogP contribution in [0.5, 0.6) is 0 Å². The lowest BCUT2D eigenvalue weighted by Crippen LogP contribution is -2.02. The molecule has 0 unspecified atom stereocenters. The van der Waals surface area contributed by atoms with Gasteiger partial charge in [-0.25, -0.2) is 0 Å².